The largest absolute Gasteiger partial charge is 0.417 e. The molecule has 0 aliphatic carbocycles. The van der Waals surface area contributed by atoms with E-state index in [-0.39, 0.29) is 5.56 Å². The van der Waals surface area contributed by atoms with Crippen LogP contribution in [-0.2, 0) is 6.18 Å². The van der Waals surface area contributed by atoms with Crippen LogP contribution >= 0.6 is 0 Å². The van der Waals surface area contributed by atoms with Crippen LogP contribution < -0.4 is 10.6 Å². The van der Waals surface area contributed by atoms with Crippen LogP contribution in [0.2, 0.25) is 0 Å². The third kappa shape index (κ3) is 2.82. The number of alkyl halides is 3. The van der Waals surface area contributed by atoms with E-state index in [1.807, 2.05) is 13.0 Å². The number of nitriles is 1. The number of nitrogens with one attached hydrogen (secondary N) is 2. The van der Waals surface area contributed by atoms with Crippen LogP contribution in [0.25, 0.3) is 0 Å². The van der Waals surface area contributed by atoms with E-state index in [4.69, 9.17) is 0 Å². The Balaban J connectivity index is 2.08. The summed E-state index contributed by atoms with van der Waals surface area (Å²) >= 11 is 0. The number of nitrogens with zero attached hydrogens (tertiary/aromatic N) is 4. The number of hydrogen-bond acceptors (Lipinski definition) is 6. The van der Waals surface area contributed by atoms with Crippen molar-refractivity contribution in [2.24, 2.45) is 0 Å². The van der Waals surface area contributed by atoms with Crippen molar-refractivity contribution in [2.75, 3.05) is 23.7 Å². The number of pyridine rings is 1. The van der Waals surface area contributed by atoms with E-state index in [1.54, 1.807) is 0 Å². The summed E-state index contributed by atoms with van der Waals surface area (Å²) in [6, 6.07) is 3.05. The third-order valence-corrected chi connectivity index (χ3v) is 3.70. The monoisotopic (exact) mass is 334 g/mol. The topological polar surface area (TPSA) is 86.5 Å². The maximum atomic E-state index is 12.9. The molecule has 1 aliphatic heterocycles. The van der Waals surface area contributed by atoms with E-state index >= 15 is 0 Å². The number of rotatable bonds is 3. The molecule has 0 bridgehead atoms. The van der Waals surface area contributed by atoms with Crippen molar-refractivity contribution in [3.63, 3.8) is 0 Å². The highest BCUT2D eigenvalue weighted by molar-refractivity contribution is 5.58. The van der Waals surface area contributed by atoms with Gasteiger partial charge in [-0.15, -0.1) is 0 Å². The Bertz CT molecular complexity index is 812. The molecule has 3 heterocycles. The Kier molecular flexibility index (Phi) is 3.97. The van der Waals surface area contributed by atoms with Gasteiger partial charge < -0.3 is 10.6 Å². The Morgan fingerprint density at radius 1 is 1.38 bits per heavy atom. The van der Waals surface area contributed by atoms with Gasteiger partial charge in [0.2, 0.25) is 5.95 Å². The minimum Gasteiger partial charge on any atom is -0.369 e. The first kappa shape index (κ1) is 16.0. The molecule has 24 heavy (non-hydrogen) atoms. The number of halogens is 3. The minimum absolute atomic E-state index is 0.230. The second kappa shape index (κ2) is 5.96. The fourth-order valence-corrected chi connectivity index (χ4v) is 2.59. The molecular formula is C15H13F3N6. The summed E-state index contributed by atoms with van der Waals surface area (Å²) in [5, 5.41) is 15.2. The van der Waals surface area contributed by atoms with Crippen molar-refractivity contribution < 1.29 is 13.2 Å². The van der Waals surface area contributed by atoms with Crippen LogP contribution in [-0.4, -0.2) is 28.0 Å². The second-order valence-electron chi connectivity index (χ2n) is 5.23. The van der Waals surface area contributed by atoms with E-state index in [0.29, 0.717) is 36.1 Å². The fourth-order valence-electron chi connectivity index (χ4n) is 2.59. The van der Waals surface area contributed by atoms with Crippen molar-refractivity contribution >= 4 is 11.8 Å². The Labute approximate surface area is 135 Å². The lowest BCUT2D eigenvalue weighted by atomic mass is 9.95. The molecule has 0 amide bonds. The lowest BCUT2D eigenvalue weighted by molar-refractivity contribution is -0.137. The summed E-state index contributed by atoms with van der Waals surface area (Å²) in [6.45, 7) is 2.78. The quantitative estimate of drug-likeness (QED) is 0.897. The molecule has 2 N–H and O–H groups in total. The molecule has 0 saturated heterocycles. The summed E-state index contributed by atoms with van der Waals surface area (Å²) in [7, 11) is 0. The fraction of sp³-hybridized carbons (Fsp3) is 0.333. The molecule has 124 valence electrons. The zero-order chi connectivity index (χ0) is 17.3. The van der Waals surface area contributed by atoms with Gasteiger partial charge in [0.15, 0.2) is 0 Å². The molecule has 2 aromatic rings. The molecule has 0 fully saturated rings. The maximum absolute atomic E-state index is 12.9. The molecule has 1 unspecified atom stereocenters. The van der Waals surface area contributed by atoms with Crippen molar-refractivity contribution in [1.82, 2.24) is 15.0 Å². The lowest BCUT2D eigenvalue weighted by Crippen LogP contribution is -2.12. The van der Waals surface area contributed by atoms with E-state index in [1.165, 1.54) is 6.20 Å². The lowest BCUT2D eigenvalue weighted by Gasteiger charge is -2.14. The molecule has 9 heteroatoms. The van der Waals surface area contributed by atoms with Crippen LogP contribution in [0.3, 0.4) is 0 Å². The molecule has 1 aliphatic rings. The summed E-state index contributed by atoms with van der Waals surface area (Å²) in [4.78, 5) is 12.2. The Morgan fingerprint density at radius 3 is 2.83 bits per heavy atom. The van der Waals surface area contributed by atoms with Gasteiger partial charge in [-0.1, -0.05) is 0 Å². The van der Waals surface area contributed by atoms with Crippen molar-refractivity contribution in [1.29, 1.82) is 5.26 Å². The van der Waals surface area contributed by atoms with Crippen molar-refractivity contribution in [2.45, 2.75) is 19.0 Å². The number of anilines is 2. The first-order valence-corrected chi connectivity index (χ1v) is 7.26. The van der Waals surface area contributed by atoms with Crippen LogP contribution in [0.4, 0.5) is 24.9 Å². The third-order valence-electron chi connectivity index (χ3n) is 3.70. The van der Waals surface area contributed by atoms with Crippen LogP contribution in [0.15, 0.2) is 18.5 Å². The van der Waals surface area contributed by atoms with Gasteiger partial charge in [0.25, 0.3) is 0 Å². The normalized spacial score (nSPS) is 16.2. The molecule has 6 nitrogen and oxygen atoms in total. The SMILES string of the molecule is CCNc1ncc(C#N)c(C2CNc3ncc(C(F)(F)F)cc32)n1. The zero-order valence-corrected chi connectivity index (χ0v) is 12.6. The van der Waals surface area contributed by atoms with E-state index in [2.05, 4.69) is 25.6 Å². The zero-order valence-electron chi connectivity index (χ0n) is 12.6. The maximum Gasteiger partial charge on any atom is 0.417 e. The smallest absolute Gasteiger partial charge is 0.369 e. The molecule has 1 atom stereocenters. The number of aromatic nitrogens is 3. The Morgan fingerprint density at radius 2 is 2.17 bits per heavy atom. The van der Waals surface area contributed by atoms with Crippen LogP contribution in [0.1, 0.15) is 35.2 Å². The van der Waals surface area contributed by atoms with Gasteiger partial charge in [-0.2, -0.15) is 18.4 Å². The van der Waals surface area contributed by atoms with Gasteiger partial charge in [0.05, 0.1) is 23.0 Å². The van der Waals surface area contributed by atoms with Crippen molar-refractivity contribution in [3.8, 4) is 6.07 Å². The van der Waals surface area contributed by atoms with Crippen LogP contribution in [0, 0.1) is 11.3 Å². The van der Waals surface area contributed by atoms with Gasteiger partial charge in [-0.05, 0) is 13.0 Å². The number of hydrogen-bond donors (Lipinski definition) is 2. The predicted octanol–water partition coefficient (Wildman–Crippen LogP) is 2.75. The van der Waals surface area contributed by atoms with E-state index < -0.39 is 17.7 Å². The van der Waals surface area contributed by atoms with Gasteiger partial charge in [0, 0.05) is 30.8 Å². The molecule has 0 radical (unpaired) electrons. The average Bonchev–Trinajstić information content (AvgIpc) is 2.97. The highest BCUT2D eigenvalue weighted by Gasteiger charge is 2.35. The van der Waals surface area contributed by atoms with Gasteiger partial charge in [-0.3, -0.25) is 0 Å². The highest BCUT2D eigenvalue weighted by Crippen LogP contribution is 2.39. The first-order chi connectivity index (χ1) is 11.4. The summed E-state index contributed by atoms with van der Waals surface area (Å²) in [5.74, 6) is 0.213. The van der Waals surface area contributed by atoms with Gasteiger partial charge in [0.1, 0.15) is 11.9 Å². The Hall–Kier alpha value is -2.89. The molecular weight excluding hydrogens is 321 g/mol. The predicted molar refractivity (Wildman–Crippen MR) is 80.5 cm³/mol. The van der Waals surface area contributed by atoms with E-state index in [9.17, 15) is 18.4 Å². The standard InChI is InChI=1S/C15H13F3N6/c1-2-20-14-23-5-8(4-19)12(24-14)11-7-22-13-10(11)3-9(6-21-13)15(16,17)18/h3,5-6,11H,2,7H2,1H3,(H,21,22)(H,20,23,24). The molecule has 3 rings (SSSR count). The summed E-state index contributed by atoms with van der Waals surface area (Å²) < 4.78 is 38.8. The van der Waals surface area contributed by atoms with Crippen LogP contribution in [0.5, 0.6) is 0 Å². The average molecular weight is 334 g/mol. The van der Waals surface area contributed by atoms with Gasteiger partial charge in [-0.25, -0.2) is 15.0 Å². The summed E-state index contributed by atoms with van der Waals surface area (Å²) in [5.41, 5.74) is 0.168. The minimum atomic E-state index is -4.48. The van der Waals surface area contributed by atoms with Crippen molar-refractivity contribution in [3.05, 3.63) is 40.8 Å². The highest BCUT2D eigenvalue weighted by atomic mass is 19.4. The second-order valence-corrected chi connectivity index (χ2v) is 5.23. The molecule has 2 aromatic heterocycles. The first-order valence-electron chi connectivity index (χ1n) is 7.26. The molecule has 0 spiro atoms. The molecule has 0 aromatic carbocycles. The molecule has 0 saturated carbocycles. The van der Waals surface area contributed by atoms with E-state index in [0.717, 1.165) is 12.3 Å². The van der Waals surface area contributed by atoms with Gasteiger partial charge >= 0.3 is 6.18 Å². The summed E-state index contributed by atoms with van der Waals surface area (Å²) in [6.07, 6.45) is -2.31. The number of fused-ring (bicyclic) bond motifs is 1.